The van der Waals surface area contributed by atoms with Crippen LogP contribution < -0.4 is 4.90 Å². The van der Waals surface area contributed by atoms with Gasteiger partial charge in [0, 0.05) is 18.7 Å². The molecule has 84 valence electrons. The van der Waals surface area contributed by atoms with E-state index in [1.165, 1.54) is 6.07 Å². The van der Waals surface area contributed by atoms with Crippen LogP contribution in [0.15, 0.2) is 18.2 Å². The van der Waals surface area contributed by atoms with E-state index < -0.39 is 5.82 Å². The van der Waals surface area contributed by atoms with Gasteiger partial charge in [0.05, 0.1) is 18.2 Å². The van der Waals surface area contributed by atoms with Crippen molar-refractivity contribution in [1.82, 2.24) is 0 Å². The number of carbonyl (C=O) groups is 1. The number of rotatable bonds is 5. The van der Waals surface area contributed by atoms with Crippen molar-refractivity contribution in [2.24, 2.45) is 0 Å². The fraction of sp³-hybridized carbons (Fsp3) is 0.333. The zero-order valence-corrected chi connectivity index (χ0v) is 9.11. The normalized spacial score (nSPS) is 9.56. The maximum absolute atomic E-state index is 13.6. The smallest absolute Gasteiger partial charge is 0.150 e. The molecule has 0 radical (unpaired) electrons. The van der Waals surface area contributed by atoms with Gasteiger partial charge in [0.1, 0.15) is 12.1 Å². The zero-order chi connectivity index (χ0) is 12.0. The second-order valence-corrected chi connectivity index (χ2v) is 3.32. The molecule has 0 aliphatic rings. The summed E-state index contributed by atoms with van der Waals surface area (Å²) in [5.41, 5.74) is 0.751. The van der Waals surface area contributed by atoms with Gasteiger partial charge in [-0.1, -0.05) is 0 Å². The summed E-state index contributed by atoms with van der Waals surface area (Å²) in [5.74, 6) is -0.426. The van der Waals surface area contributed by atoms with Crippen LogP contribution in [0.4, 0.5) is 10.1 Å². The average Bonchev–Trinajstić information content (AvgIpc) is 2.31. The van der Waals surface area contributed by atoms with Crippen molar-refractivity contribution in [3.8, 4) is 6.07 Å². The summed E-state index contributed by atoms with van der Waals surface area (Å²) in [6.07, 6.45) is 0.959. The van der Waals surface area contributed by atoms with Gasteiger partial charge in [0.2, 0.25) is 0 Å². The standard InChI is InChI=1S/C12H13FN2O/c1-2-15(7-3-6-14)12-5-4-10(9-16)8-11(12)13/h4-5,8-9H,2-3,7H2,1H3. The summed E-state index contributed by atoms with van der Waals surface area (Å²) in [7, 11) is 0. The highest BCUT2D eigenvalue weighted by Gasteiger charge is 2.09. The maximum atomic E-state index is 13.6. The predicted molar refractivity (Wildman–Crippen MR) is 59.9 cm³/mol. The summed E-state index contributed by atoms with van der Waals surface area (Å²) >= 11 is 0. The monoisotopic (exact) mass is 220 g/mol. The Morgan fingerprint density at radius 1 is 1.56 bits per heavy atom. The van der Waals surface area contributed by atoms with Crippen LogP contribution in [0.25, 0.3) is 0 Å². The van der Waals surface area contributed by atoms with E-state index in [1.54, 1.807) is 17.0 Å². The number of nitrogens with zero attached hydrogens (tertiary/aromatic N) is 2. The topological polar surface area (TPSA) is 44.1 Å². The molecule has 0 aliphatic heterocycles. The van der Waals surface area contributed by atoms with Crippen molar-refractivity contribution in [1.29, 1.82) is 5.26 Å². The average molecular weight is 220 g/mol. The lowest BCUT2D eigenvalue weighted by Gasteiger charge is -2.22. The summed E-state index contributed by atoms with van der Waals surface area (Å²) in [5, 5.41) is 8.49. The molecule has 0 heterocycles. The first-order valence-electron chi connectivity index (χ1n) is 5.09. The van der Waals surface area contributed by atoms with Crippen LogP contribution in [0.3, 0.4) is 0 Å². The Morgan fingerprint density at radius 3 is 2.81 bits per heavy atom. The van der Waals surface area contributed by atoms with Gasteiger partial charge in [0.25, 0.3) is 0 Å². The first kappa shape index (κ1) is 12.2. The lowest BCUT2D eigenvalue weighted by atomic mass is 10.2. The van der Waals surface area contributed by atoms with Gasteiger partial charge < -0.3 is 4.90 Å². The van der Waals surface area contributed by atoms with Crippen molar-refractivity contribution in [2.45, 2.75) is 13.3 Å². The maximum Gasteiger partial charge on any atom is 0.150 e. The van der Waals surface area contributed by atoms with E-state index in [4.69, 9.17) is 5.26 Å². The van der Waals surface area contributed by atoms with Gasteiger partial charge >= 0.3 is 0 Å². The fourth-order valence-electron chi connectivity index (χ4n) is 1.49. The predicted octanol–water partition coefficient (Wildman–Crippen LogP) is 2.38. The van der Waals surface area contributed by atoms with Crippen molar-refractivity contribution in [3.05, 3.63) is 29.6 Å². The molecule has 1 rings (SSSR count). The molecule has 0 saturated carbocycles. The number of carbonyl (C=O) groups excluding carboxylic acids is 1. The summed E-state index contributed by atoms with van der Waals surface area (Å²) in [6.45, 7) is 3.01. The van der Waals surface area contributed by atoms with E-state index >= 15 is 0 Å². The first-order valence-corrected chi connectivity index (χ1v) is 5.09. The summed E-state index contributed by atoms with van der Waals surface area (Å²) in [6, 6.07) is 6.37. The van der Waals surface area contributed by atoms with Crippen molar-refractivity contribution in [3.63, 3.8) is 0 Å². The molecule has 0 unspecified atom stereocenters. The number of hydrogen-bond acceptors (Lipinski definition) is 3. The number of aldehydes is 1. The van der Waals surface area contributed by atoms with Crippen molar-refractivity contribution < 1.29 is 9.18 Å². The molecule has 0 fully saturated rings. The SMILES string of the molecule is CCN(CCC#N)c1ccc(C=O)cc1F. The number of anilines is 1. The Hall–Kier alpha value is -1.89. The molecule has 1 aromatic rings. The molecule has 4 heteroatoms. The van der Waals surface area contributed by atoms with Crippen molar-refractivity contribution >= 4 is 12.0 Å². The van der Waals surface area contributed by atoms with E-state index in [-0.39, 0.29) is 0 Å². The van der Waals surface area contributed by atoms with Crippen LogP contribution in [-0.4, -0.2) is 19.4 Å². The lowest BCUT2D eigenvalue weighted by Crippen LogP contribution is -2.24. The summed E-state index contributed by atoms with van der Waals surface area (Å²) in [4.78, 5) is 12.2. The minimum absolute atomic E-state index is 0.317. The molecular formula is C12H13FN2O. The Morgan fingerprint density at radius 2 is 2.31 bits per heavy atom. The highest BCUT2D eigenvalue weighted by Crippen LogP contribution is 2.20. The van der Waals surface area contributed by atoms with Gasteiger partial charge in [-0.05, 0) is 25.1 Å². The molecule has 1 aromatic carbocycles. The minimum Gasteiger partial charge on any atom is -0.368 e. The van der Waals surface area contributed by atoms with Gasteiger partial charge in [-0.2, -0.15) is 5.26 Å². The third kappa shape index (κ3) is 2.80. The van der Waals surface area contributed by atoms with Crippen LogP contribution >= 0.6 is 0 Å². The second-order valence-electron chi connectivity index (χ2n) is 3.32. The van der Waals surface area contributed by atoms with Crippen molar-refractivity contribution in [2.75, 3.05) is 18.0 Å². The number of benzene rings is 1. The van der Waals surface area contributed by atoms with Crippen LogP contribution in [0, 0.1) is 17.1 Å². The molecule has 0 amide bonds. The lowest BCUT2D eigenvalue weighted by molar-refractivity contribution is 0.112. The van der Waals surface area contributed by atoms with Crippen LogP contribution in [-0.2, 0) is 0 Å². The third-order valence-corrected chi connectivity index (χ3v) is 2.32. The van der Waals surface area contributed by atoms with E-state index in [0.29, 0.717) is 37.0 Å². The van der Waals surface area contributed by atoms with Crippen LogP contribution in [0.1, 0.15) is 23.7 Å². The van der Waals surface area contributed by atoms with Crippen LogP contribution in [0.5, 0.6) is 0 Å². The molecule has 0 spiro atoms. The number of hydrogen-bond donors (Lipinski definition) is 0. The number of nitriles is 1. The zero-order valence-electron chi connectivity index (χ0n) is 9.11. The Bertz CT molecular complexity index is 412. The molecular weight excluding hydrogens is 207 g/mol. The molecule has 3 nitrogen and oxygen atoms in total. The van der Waals surface area contributed by atoms with E-state index in [9.17, 15) is 9.18 Å². The Kier molecular flexibility index (Phi) is 4.46. The van der Waals surface area contributed by atoms with E-state index in [0.717, 1.165) is 0 Å². The molecule has 0 saturated heterocycles. The van der Waals surface area contributed by atoms with Gasteiger partial charge in [-0.3, -0.25) is 4.79 Å². The van der Waals surface area contributed by atoms with Gasteiger partial charge in [-0.15, -0.1) is 0 Å². The van der Waals surface area contributed by atoms with Gasteiger partial charge in [0.15, 0.2) is 0 Å². The number of halogens is 1. The molecule has 0 aromatic heterocycles. The Balaban J connectivity index is 2.93. The summed E-state index contributed by atoms with van der Waals surface area (Å²) < 4.78 is 13.6. The molecule has 0 aliphatic carbocycles. The largest absolute Gasteiger partial charge is 0.368 e. The molecule has 0 atom stereocenters. The first-order chi connectivity index (χ1) is 7.72. The second kappa shape index (κ2) is 5.86. The molecule has 16 heavy (non-hydrogen) atoms. The highest BCUT2D eigenvalue weighted by atomic mass is 19.1. The molecule has 0 bridgehead atoms. The van der Waals surface area contributed by atoms with Gasteiger partial charge in [-0.25, -0.2) is 4.39 Å². The van der Waals surface area contributed by atoms with E-state index in [2.05, 4.69) is 0 Å². The van der Waals surface area contributed by atoms with E-state index in [1.807, 2.05) is 13.0 Å². The highest BCUT2D eigenvalue weighted by molar-refractivity contribution is 5.75. The quantitative estimate of drug-likeness (QED) is 0.715. The van der Waals surface area contributed by atoms with Crippen LogP contribution in [0.2, 0.25) is 0 Å². The fourth-order valence-corrected chi connectivity index (χ4v) is 1.49. The minimum atomic E-state index is -0.426. The Labute approximate surface area is 94.1 Å². The third-order valence-electron chi connectivity index (χ3n) is 2.32. The molecule has 0 N–H and O–H groups in total.